The van der Waals surface area contributed by atoms with Crippen LogP contribution in [0.1, 0.15) is 48.2 Å². The van der Waals surface area contributed by atoms with Crippen molar-refractivity contribution in [2.24, 2.45) is 5.92 Å². The summed E-state index contributed by atoms with van der Waals surface area (Å²) in [4.78, 5) is 15.1. The molecule has 0 unspecified atom stereocenters. The van der Waals surface area contributed by atoms with Crippen molar-refractivity contribution in [3.05, 3.63) is 59.3 Å². The van der Waals surface area contributed by atoms with Crippen LogP contribution < -0.4 is 4.74 Å². The minimum Gasteiger partial charge on any atom is -0.497 e. The lowest BCUT2D eigenvalue weighted by atomic mass is 10.0. The van der Waals surface area contributed by atoms with Crippen LogP contribution in [0.2, 0.25) is 0 Å². The normalized spacial score (nSPS) is 18.8. The van der Waals surface area contributed by atoms with Gasteiger partial charge in [-0.15, -0.1) is 5.10 Å². The number of aromatic nitrogens is 4. The molecule has 1 fully saturated rings. The van der Waals surface area contributed by atoms with Gasteiger partial charge in [0.1, 0.15) is 29.1 Å². The van der Waals surface area contributed by atoms with Crippen molar-refractivity contribution >= 4 is 5.91 Å². The molecular weight excluding hydrogens is 382 g/mol. The Morgan fingerprint density at radius 3 is 2.83 bits per heavy atom. The van der Waals surface area contributed by atoms with Crippen LogP contribution >= 0.6 is 0 Å². The van der Waals surface area contributed by atoms with Crippen LogP contribution in [0, 0.1) is 12.8 Å². The Balaban J connectivity index is 1.52. The van der Waals surface area contributed by atoms with E-state index in [0.717, 1.165) is 22.8 Å². The van der Waals surface area contributed by atoms with E-state index in [1.807, 2.05) is 36.4 Å². The first-order chi connectivity index (χ1) is 14.5. The molecule has 1 aliphatic rings. The highest BCUT2D eigenvalue weighted by Crippen LogP contribution is 2.47. The van der Waals surface area contributed by atoms with Gasteiger partial charge in [0.2, 0.25) is 5.91 Å². The lowest BCUT2D eigenvalue weighted by Crippen LogP contribution is -2.36. The number of hydrogen-bond donors (Lipinski definition) is 0. The highest BCUT2D eigenvalue weighted by atomic mass is 16.5. The van der Waals surface area contributed by atoms with Crippen LogP contribution in [-0.4, -0.2) is 45.2 Å². The van der Waals surface area contributed by atoms with Crippen molar-refractivity contribution in [3.8, 4) is 5.75 Å². The SMILES string of the molecule is COc1cccc(C[C@H](C(=O)N(C)Cc2ccc([C@H]3C[C@@H]3C)o2)n2nnnc2C)c1. The largest absolute Gasteiger partial charge is 0.497 e. The average Bonchev–Trinajstić information content (AvgIpc) is 3.11. The van der Waals surface area contributed by atoms with Gasteiger partial charge in [-0.3, -0.25) is 4.79 Å². The van der Waals surface area contributed by atoms with Crippen molar-refractivity contribution in [3.63, 3.8) is 0 Å². The Morgan fingerprint density at radius 1 is 1.37 bits per heavy atom. The molecule has 2 aromatic heterocycles. The van der Waals surface area contributed by atoms with Crippen molar-refractivity contribution in [2.45, 2.75) is 45.2 Å². The number of benzene rings is 1. The highest BCUT2D eigenvalue weighted by Gasteiger charge is 2.36. The van der Waals surface area contributed by atoms with E-state index in [-0.39, 0.29) is 5.91 Å². The fourth-order valence-electron chi connectivity index (χ4n) is 3.79. The van der Waals surface area contributed by atoms with Crippen molar-refractivity contribution in [2.75, 3.05) is 14.2 Å². The number of tetrazole rings is 1. The summed E-state index contributed by atoms with van der Waals surface area (Å²) in [5.74, 6) is 4.26. The van der Waals surface area contributed by atoms with Gasteiger partial charge in [0.15, 0.2) is 0 Å². The van der Waals surface area contributed by atoms with Crippen LogP contribution in [0.5, 0.6) is 5.75 Å². The molecule has 1 aromatic carbocycles. The van der Waals surface area contributed by atoms with Crippen molar-refractivity contribution in [1.29, 1.82) is 0 Å². The average molecular weight is 409 g/mol. The van der Waals surface area contributed by atoms with Crippen LogP contribution in [0.3, 0.4) is 0 Å². The van der Waals surface area contributed by atoms with Crippen molar-refractivity contribution < 1.29 is 13.9 Å². The third-order valence-electron chi connectivity index (χ3n) is 5.73. The van der Waals surface area contributed by atoms with E-state index in [4.69, 9.17) is 9.15 Å². The number of carbonyl (C=O) groups is 1. The first kappa shape index (κ1) is 20.1. The molecule has 1 saturated carbocycles. The number of aryl methyl sites for hydroxylation is 1. The number of nitrogens with zero attached hydrogens (tertiary/aromatic N) is 5. The molecule has 1 amide bonds. The zero-order valence-corrected chi connectivity index (χ0v) is 17.8. The molecule has 2 heterocycles. The third-order valence-corrected chi connectivity index (χ3v) is 5.73. The van der Waals surface area contributed by atoms with Gasteiger partial charge in [0.25, 0.3) is 0 Å². The second kappa shape index (κ2) is 8.30. The maximum Gasteiger partial charge on any atom is 0.248 e. The maximum absolute atomic E-state index is 13.4. The van der Waals surface area contributed by atoms with Gasteiger partial charge in [-0.2, -0.15) is 0 Å². The zero-order valence-electron chi connectivity index (χ0n) is 17.8. The van der Waals surface area contributed by atoms with Gasteiger partial charge < -0.3 is 14.1 Å². The molecule has 8 nitrogen and oxygen atoms in total. The molecule has 0 N–H and O–H groups in total. The molecule has 3 atom stereocenters. The molecule has 0 aliphatic heterocycles. The number of carbonyl (C=O) groups excluding carboxylic acids is 1. The van der Waals surface area contributed by atoms with E-state index in [0.29, 0.717) is 30.6 Å². The van der Waals surface area contributed by atoms with E-state index in [1.165, 1.54) is 6.42 Å². The predicted octanol–water partition coefficient (Wildman–Crippen LogP) is 3.15. The van der Waals surface area contributed by atoms with E-state index in [9.17, 15) is 4.79 Å². The smallest absolute Gasteiger partial charge is 0.248 e. The van der Waals surface area contributed by atoms with Crippen molar-refractivity contribution in [1.82, 2.24) is 25.1 Å². The van der Waals surface area contributed by atoms with Gasteiger partial charge in [-0.1, -0.05) is 19.1 Å². The Labute approximate surface area is 175 Å². The summed E-state index contributed by atoms with van der Waals surface area (Å²) in [6.07, 6.45) is 1.62. The first-order valence-corrected chi connectivity index (χ1v) is 10.2. The van der Waals surface area contributed by atoms with Gasteiger partial charge in [0, 0.05) is 19.4 Å². The fourth-order valence-corrected chi connectivity index (χ4v) is 3.79. The minimum absolute atomic E-state index is 0.0778. The van der Waals surface area contributed by atoms with E-state index >= 15 is 0 Å². The Morgan fingerprint density at radius 2 is 2.17 bits per heavy atom. The number of methoxy groups -OCH3 is 1. The molecular formula is C22H27N5O3. The summed E-state index contributed by atoms with van der Waals surface area (Å²) in [6.45, 7) is 4.41. The first-order valence-electron chi connectivity index (χ1n) is 10.2. The molecule has 30 heavy (non-hydrogen) atoms. The molecule has 0 radical (unpaired) electrons. The van der Waals surface area contributed by atoms with E-state index in [2.05, 4.69) is 22.4 Å². The molecule has 0 spiro atoms. The lowest BCUT2D eigenvalue weighted by Gasteiger charge is -2.23. The summed E-state index contributed by atoms with van der Waals surface area (Å²) in [5.41, 5.74) is 0.971. The second-order valence-electron chi connectivity index (χ2n) is 8.06. The van der Waals surface area contributed by atoms with Crippen LogP contribution in [0.15, 0.2) is 40.8 Å². The molecule has 0 bridgehead atoms. The molecule has 158 valence electrons. The van der Waals surface area contributed by atoms with Crippen LogP contribution in [0.4, 0.5) is 0 Å². The topological polar surface area (TPSA) is 86.3 Å². The van der Waals surface area contributed by atoms with E-state index in [1.54, 1.807) is 30.7 Å². The number of likely N-dealkylation sites (N-methyl/N-ethyl adjacent to an activating group) is 1. The molecule has 4 rings (SSSR count). The van der Waals surface area contributed by atoms with Crippen LogP contribution in [-0.2, 0) is 17.8 Å². The summed E-state index contributed by atoms with van der Waals surface area (Å²) < 4.78 is 12.9. The van der Waals surface area contributed by atoms with E-state index < -0.39 is 6.04 Å². The summed E-state index contributed by atoms with van der Waals surface area (Å²) in [6, 6.07) is 11.1. The fraction of sp³-hybridized carbons (Fsp3) is 0.455. The quantitative estimate of drug-likeness (QED) is 0.568. The second-order valence-corrected chi connectivity index (χ2v) is 8.06. The number of furan rings is 1. The number of hydrogen-bond acceptors (Lipinski definition) is 6. The van der Waals surface area contributed by atoms with Gasteiger partial charge in [-0.25, -0.2) is 4.68 Å². The highest BCUT2D eigenvalue weighted by molar-refractivity contribution is 5.80. The number of rotatable bonds is 8. The molecule has 3 aromatic rings. The summed E-state index contributed by atoms with van der Waals surface area (Å²) in [7, 11) is 3.41. The summed E-state index contributed by atoms with van der Waals surface area (Å²) >= 11 is 0. The van der Waals surface area contributed by atoms with Gasteiger partial charge in [-0.05, 0) is 59.5 Å². The standard InChI is InChI=1S/C22H27N5O3/c1-14-10-19(14)21-9-8-18(30-21)13-26(3)22(28)20(27-15(2)23-24-25-27)12-16-6-5-7-17(11-16)29-4/h5-9,11,14,19-20H,10,12-13H2,1-4H3/t14-,19-,20+/m0/s1. The Hall–Kier alpha value is -3.16. The zero-order chi connectivity index (χ0) is 21.3. The number of amides is 1. The lowest BCUT2D eigenvalue weighted by molar-refractivity contribution is -0.134. The van der Waals surface area contributed by atoms with Gasteiger partial charge >= 0.3 is 0 Å². The summed E-state index contributed by atoms with van der Waals surface area (Å²) in [5, 5.41) is 11.8. The third kappa shape index (κ3) is 4.22. The maximum atomic E-state index is 13.4. The number of ether oxygens (including phenoxy) is 1. The minimum atomic E-state index is -0.560. The monoisotopic (exact) mass is 409 g/mol. The Bertz CT molecular complexity index is 1030. The molecule has 8 heteroatoms. The predicted molar refractivity (Wildman–Crippen MR) is 110 cm³/mol. The molecule has 0 saturated heterocycles. The Kier molecular flexibility index (Phi) is 5.57. The molecule has 1 aliphatic carbocycles. The van der Waals surface area contributed by atoms with Gasteiger partial charge in [0.05, 0.1) is 13.7 Å². The van der Waals surface area contributed by atoms with Crippen LogP contribution in [0.25, 0.3) is 0 Å².